The van der Waals surface area contributed by atoms with Gasteiger partial charge in [-0.05, 0) is 72.5 Å². The Morgan fingerprint density at radius 2 is 1.48 bits per heavy atom. The lowest BCUT2D eigenvalue weighted by atomic mass is 9.75. The normalized spacial score (nSPS) is 40.7. The van der Waals surface area contributed by atoms with Crippen molar-refractivity contribution in [1.82, 2.24) is 4.90 Å². The molecule has 0 amide bonds. The van der Waals surface area contributed by atoms with Crippen LogP contribution < -0.4 is 0 Å². The first-order valence-corrected chi connectivity index (χ1v) is 22.0. The molecule has 1 aromatic rings. The van der Waals surface area contributed by atoms with Gasteiger partial charge in [-0.3, -0.25) is 14.4 Å². The van der Waals surface area contributed by atoms with Gasteiger partial charge in [0.1, 0.15) is 30.2 Å². The van der Waals surface area contributed by atoms with Gasteiger partial charge in [0.15, 0.2) is 18.7 Å². The van der Waals surface area contributed by atoms with Gasteiger partial charge < -0.3 is 53.0 Å². The van der Waals surface area contributed by atoms with Crippen LogP contribution in [0, 0.1) is 35.5 Å². The van der Waals surface area contributed by atoms with E-state index in [0.717, 1.165) is 5.56 Å². The molecule has 3 heterocycles. The number of ketones is 1. The van der Waals surface area contributed by atoms with Crippen molar-refractivity contribution in [2.75, 3.05) is 14.1 Å². The third kappa shape index (κ3) is 12.7. The molecule has 61 heavy (non-hydrogen) atoms. The van der Waals surface area contributed by atoms with Crippen molar-refractivity contribution in [1.29, 1.82) is 0 Å². The molecule has 0 spiro atoms. The van der Waals surface area contributed by atoms with Gasteiger partial charge in [0.2, 0.25) is 0 Å². The molecule has 4 rings (SSSR count). The van der Waals surface area contributed by atoms with Crippen molar-refractivity contribution in [3.05, 3.63) is 35.9 Å². The highest BCUT2D eigenvalue weighted by atomic mass is 16.7. The van der Waals surface area contributed by atoms with Crippen molar-refractivity contribution in [2.24, 2.45) is 35.5 Å². The molecule has 18 atom stereocenters. The van der Waals surface area contributed by atoms with E-state index in [9.17, 15) is 29.4 Å². The summed E-state index contributed by atoms with van der Waals surface area (Å²) in [6, 6.07) is 9.04. The Bertz CT molecular complexity index is 1580. The summed E-state index contributed by atoms with van der Waals surface area (Å²) in [5.41, 5.74) is -1.14. The Kier molecular flexibility index (Phi) is 18.2. The van der Waals surface area contributed by atoms with Crippen LogP contribution in [0.1, 0.15) is 107 Å². The molecule has 2 N–H and O–H groups in total. The molecular formula is C46H73NO14. The zero-order chi connectivity index (χ0) is 45.5. The molecule has 3 aliphatic heterocycles. The average molecular weight is 864 g/mol. The summed E-state index contributed by atoms with van der Waals surface area (Å²) in [6.45, 7) is 19.0. The molecule has 0 aliphatic carbocycles. The number of aliphatic hydroxyl groups excluding tert-OH is 1. The number of Topliss-reactive ketones (excluding diaryl/α,β-unsaturated/α-hetero) is 1. The second-order valence-electron chi connectivity index (χ2n) is 18.4. The topological polar surface area (TPSA) is 186 Å². The summed E-state index contributed by atoms with van der Waals surface area (Å²) < 4.78 is 49.7. The molecule has 0 bridgehead atoms. The van der Waals surface area contributed by atoms with E-state index in [1.807, 2.05) is 77.0 Å². The molecule has 4 unspecified atom stereocenters. The van der Waals surface area contributed by atoms with Crippen molar-refractivity contribution in [3.63, 3.8) is 0 Å². The number of likely N-dealkylation sites (N-methyl/N-ethyl adjacent to an activating group) is 1. The smallest absolute Gasteiger partial charge is 0.459 e. The molecular weight excluding hydrogens is 790 g/mol. The number of carbonyl (C=O) groups excluding carboxylic acids is 4. The molecule has 0 radical (unpaired) electrons. The maximum absolute atomic E-state index is 14.3. The molecule has 0 aromatic heterocycles. The van der Waals surface area contributed by atoms with Crippen LogP contribution in [0.15, 0.2) is 30.3 Å². The van der Waals surface area contributed by atoms with E-state index >= 15 is 0 Å². The lowest BCUT2D eigenvalue weighted by Crippen LogP contribution is -2.58. The van der Waals surface area contributed by atoms with E-state index in [1.165, 1.54) is 13.8 Å². The first-order chi connectivity index (χ1) is 28.6. The fraction of sp³-hybridized carbons (Fsp3) is 0.783. The summed E-state index contributed by atoms with van der Waals surface area (Å²) in [6.07, 6.45) is -8.14. The number of nitrogens with zero attached hydrogens (tertiary/aromatic N) is 1. The van der Waals surface area contributed by atoms with Gasteiger partial charge >= 0.3 is 18.1 Å². The van der Waals surface area contributed by atoms with E-state index in [4.69, 9.17) is 37.9 Å². The Morgan fingerprint density at radius 3 is 2.07 bits per heavy atom. The van der Waals surface area contributed by atoms with E-state index < -0.39 is 103 Å². The number of ether oxygens (including phenoxy) is 8. The van der Waals surface area contributed by atoms with Crippen molar-refractivity contribution < 1.29 is 67.3 Å². The highest BCUT2D eigenvalue weighted by Gasteiger charge is 2.50. The van der Waals surface area contributed by atoms with Gasteiger partial charge in [-0.2, -0.15) is 0 Å². The van der Waals surface area contributed by atoms with Crippen LogP contribution in [0.25, 0.3) is 0 Å². The highest BCUT2D eigenvalue weighted by Crippen LogP contribution is 2.39. The van der Waals surface area contributed by atoms with Crippen LogP contribution in [-0.4, -0.2) is 126 Å². The Balaban J connectivity index is 1.71. The lowest BCUT2D eigenvalue weighted by molar-refractivity contribution is -0.298. The number of hydrogen-bond donors (Lipinski definition) is 2. The third-order valence-electron chi connectivity index (χ3n) is 13.0. The van der Waals surface area contributed by atoms with Crippen LogP contribution in [-0.2, 0) is 58.9 Å². The summed E-state index contributed by atoms with van der Waals surface area (Å²) in [5.74, 6) is -5.25. The Hall–Kier alpha value is -3.18. The number of esters is 2. The second kappa shape index (κ2) is 21.9. The fourth-order valence-electron chi connectivity index (χ4n) is 9.49. The minimum atomic E-state index is -1.96. The van der Waals surface area contributed by atoms with Gasteiger partial charge in [0.05, 0.1) is 42.5 Å². The number of rotatable bonds is 10. The number of cyclic esters (lactones) is 1. The summed E-state index contributed by atoms with van der Waals surface area (Å²) in [4.78, 5) is 55.6. The SMILES string of the molecule is CC[C@H]1OC(=O)[C@H](C)[C@@H](O[C@H]2C[C@H](C)C(OC(=O)OCc3ccccc3)[C@H](C)O2)[C@H](C)[C@@H](OC2O[C@H](C)C[C@H](N(C)C)C2OC(C)=O)[C@@H](C)C[C@@H](C)C(=O)[C@H](C)C(O)[C@]1(C)O. The standard InChI is InChI=1S/C46H73NO14/c1-14-35-46(11,53)42(50)28(6)37(49)24(2)20-25(3)38(60-44-41(57-32(10)48)34(47(12)13)22-27(5)55-44)29(7)40(30(8)43(51)58-35)59-36-21-26(4)39(31(9)56-36)61-45(52)54-23-33-18-16-15-17-19-33/h15-19,24-31,34-36,38-42,44,50,53H,14,20-23H2,1-13H3/t24-,25+,26+,27-,28+,29-,30-,31+,34+,35-,36+,38+,39?,40+,41?,42?,44?,46-/m1/s1. The molecule has 15 heteroatoms. The van der Waals surface area contributed by atoms with E-state index in [1.54, 1.807) is 34.6 Å². The third-order valence-corrected chi connectivity index (χ3v) is 13.0. The molecule has 346 valence electrons. The van der Waals surface area contributed by atoms with E-state index in [2.05, 4.69) is 0 Å². The molecule has 3 aliphatic rings. The summed E-state index contributed by atoms with van der Waals surface area (Å²) in [5, 5.41) is 23.2. The number of carbonyl (C=O) groups is 4. The van der Waals surface area contributed by atoms with E-state index in [-0.39, 0.29) is 49.2 Å². The van der Waals surface area contributed by atoms with Crippen LogP contribution in [0.2, 0.25) is 0 Å². The van der Waals surface area contributed by atoms with Crippen LogP contribution in [0.5, 0.6) is 0 Å². The number of hydrogen-bond acceptors (Lipinski definition) is 15. The largest absolute Gasteiger partial charge is 0.508 e. The van der Waals surface area contributed by atoms with Crippen LogP contribution in [0.3, 0.4) is 0 Å². The quantitative estimate of drug-likeness (QED) is 0.211. The maximum atomic E-state index is 14.3. The summed E-state index contributed by atoms with van der Waals surface area (Å²) in [7, 11) is 3.80. The zero-order valence-corrected chi connectivity index (χ0v) is 38.5. The number of benzene rings is 1. The molecule has 15 nitrogen and oxygen atoms in total. The first kappa shape index (κ1) is 50.5. The minimum absolute atomic E-state index is 0.0540. The van der Waals surface area contributed by atoms with Crippen LogP contribution >= 0.6 is 0 Å². The van der Waals surface area contributed by atoms with Gasteiger partial charge in [-0.1, -0.05) is 71.9 Å². The van der Waals surface area contributed by atoms with Gasteiger partial charge in [0, 0.05) is 37.0 Å². The Labute approximate surface area is 362 Å². The summed E-state index contributed by atoms with van der Waals surface area (Å²) >= 11 is 0. The van der Waals surface area contributed by atoms with Crippen molar-refractivity contribution >= 4 is 23.9 Å². The highest BCUT2D eigenvalue weighted by molar-refractivity contribution is 5.83. The zero-order valence-electron chi connectivity index (χ0n) is 38.5. The first-order valence-electron chi connectivity index (χ1n) is 22.0. The molecule has 1 aromatic carbocycles. The molecule has 3 fully saturated rings. The second-order valence-corrected chi connectivity index (χ2v) is 18.4. The molecule has 0 saturated carbocycles. The minimum Gasteiger partial charge on any atom is -0.459 e. The van der Waals surface area contributed by atoms with Gasteiger partial charge in [0.25, 0.3) is 0 Å². The van der Waals surface area contributed by atoms with E-state index in [0.29, 0.717) is 12.8 Å². The predicted molar refractivity (Wildman–Crippen MR) is 224 cm³/mol. The monoisotopic (exact) mass is 864 g/mol. The average Bonchev–Trinajstić information content (AvgIpc) is 3.20. The Morgan fingerprint density at radius 1 is 0.836 bits per heavy atom. The number of aliphatic hydroxyl groups is 2. The lowest BCUT2D eigenvalue weighted by Gasteiger charge is -2.47. The predicted octanol–water partition coefficient (Wildman–Crippen LogP) is 5.83. The maximum Gasteiger partial charge on any atom is 0.508 e. The fourth-order valence-corrected chi connectivity index (χ4v) is 9.49. The van der Waals surface area contributed by atoms with Crippen LogP contribution in [0.4, 0.5) is 4.79 Å². The van der Waals surface area contributed by atoms with Crippen molar-refractivity contribution in [3.8, 4) is 0 Å². The van der Waals surface area contributed by atoms with Gasteiger partial charge in [-0.25, -0.2) is 4.79 Å². The van der Waals surface area contributed by atoms with Gasteiger partial charge in [-0.15, -0.1) is 0 Å². The molecule has 3 saturated heterocycles. The van der Waals surface area contributed by atoms with Crippen molar-refractivity contribution in [2.45, 2.75) is 182 Å².